The lowest BCUT2D eigenvalue weighted by Gasteiger charge is -2.07. The van der Waals surface area contributed by atoms with Gasteiger partial charge >= 0.3 is 0 Å². The lowest BCUT2D eigenvalue weighted by Crippen LogP contribution is -2.12. The van der Waals surface area contributed by atoms with E-state index in [4.69, 9.17) is 0 Å². The fraction of sp³-hybridized carbons (Fsp3) is 0.200. The van der Waals surface area contributed by atoms with Gasteiger partial charge in [0.2, 0.25) is 0 Å². The molecule has 3 heteroatoms. The van der Waals surface area contributed by atoms with Crippen molar-refractivity contribution in [3.63, 3.8) is 0 Å². The van der Waals surface area contributed by atoms with Crippen molar-refractivity contribution in [3.05, 3.63) is 65.7 Å². The fourth-order valence-electron chi connectivity index (χ4n) is 3.54. The van der Waals surface area contributed by atoms with E-state index in [0.717, 1.165) is 25.2 Å². The molecule has 4 rings (SSSR count). The first kappa shape index (κ1) is 14.1. The number of aromatic nitrogens is 1. The first-order chi connectivity index (χ1) is 11.3. The molecule has 0 saturated carbocycles. The zero-order valence-corrected chi connectivity index (χ0v) is 13.4. The Labute approximate surface area is 136 Å². The summed E-state index contributed by atoms with van der Waals surface area (Å²) >= 11 is 0. The Hall–Kier alpha value is -2.52. The molecule has 2 aromatic carbocycles. The molecule has 1 aromatic heterocycles. The predicted octanol–water partition coefficient (Wildman–Crippen LogP) is 3.67. The minimum absolute atomic E-state index is 0.882. The van der Waals surface area contributed by atoms with E-state index in [1.54, 1.807) is 0 Å². The normalized spacial score (nSPS) is 13.9. The zero-order valence-electron chi connectivity index (χ0n) is 13.4. The maximum Gasteiger partial charge on any atom is 0.0498 e. The van der Waals surface area contributed by atoms with E-state index < -0.39 is 0 Å². The van der Waals surface area contributed by atoms with Crippen LogP contribution in [0.5, 0.6) is 0 Å². The van der Waals surface area contributed by atoms with Crippen LogP contribution in [0.25, 0.3) is 27.9 Å². The van der Waals surface area contributed by atoms with Gasteiger partial charge in [0.1, 0.15) is 0 Å². The second-order valence-corrected chi connectivity index (χ2v) is 6.09. The third-order valence-electron chi connectivity index (χ3n) is 4.56. The van der Waals surface area contributed by atoms with Gasteiger partial charge < -0.3 is 15.6 Å². The minimum atomic E-state index is 0.882. The van der Waals surface area contributed by atoms with Crippen molar-refractivity contribution in [2.75, 3.05) is 13.6 Å². The van der Waals surface area contributed by atoms with Gasteiger partial charge in [-0.15, -0.1) is 0 Å². The molecule has 3 nitrogen and oxygen atoms in total. The average molecular weight is 303 g/mol. The molecule has 0 fully saturated rings. The van der Waals surface area contributed by atoms with Crippen LogP contribution in [0.2, 0.25) is 0 Å². The molecule has 0 saturated heterocycles. The lowest BCUT2D eigenvalue weighted by atomic mass is 9.99. The topological polar surface area (TPSA) is 39.8 Å². The predicted molar refractivity (Wildman–Crippen MR) is 97.2 cm³/mol. The van der Waals surface area contributed by atoms with E-state index in [1.807, 2.05) is 7.05 Å². The molecule has 116 valence electrons. The van der Waals surface area contributed by atoms with Crippen molar-refractivity contribution >= 4 is 16.6 Å². The number of aromatic amines is 1. The largest absolute Gasteiger partial charge is 0.385 e. The quantitative estimate of drug-likeness (QED) is 0.691. The summed E-state index contributed by atoms with van der Waals surface area (Å²) in [7, 11) is 1.98. The van der Waals surface area contributed by atoms with E-state index in [-0.39, 0.29) is 0 Å². The third-order valence-corrected chi connectivity index (χ3v) is 4.56. The van der Waals surface area contributed by atoms with Gasteiger partial charge in [0.05, 0.1) is 0 Å². The van der Waals surface area contributed by atoms with Crippen LogP contribution in [0.15, 0.2) is 49.0 Å². The molecule has 0 aliphatic carbocycles. The highest BCUT2D eigenvalue weighted by atomic mass is 14.9. The Morgan fingerprint density at radius 1 is 1.17 bits per heavy atom. The lowest BCUT2D eigenvalue weighted by molar-refractivity contribution is 0.818. The van der Waals surface area contributed by atoms with Gasteiger partial charge in [0.15, 0.2) is 0 Å². The molecule has 0 atom stereocenters. The summed E-state index contributed by atoms with van der Waals surface area (Å²) in [6, 6.07) is 15.2. The first-order valence-corrected chi connectivity index (χ1v) is 8.08. The highest BCUT2D eigenvalue weighted by Gasteiger charge is 2.19. The molecule has 1 aliphatic heterocycles. The molecule has 3 N–H and O–H groups in total. The fourth-order valence-corrected chi connectivity index (χ4v) is 3.54. The second-order valence-electron chi connectivity index (χ2n) is 6.09. The highest BCUT2D eigenvalue weighted by Crippen LogP contribution is 2.36. The average Bonchev–Trinajstić information content (AvgIpc) is 2.85. The van der Waals surface area contributed by atoms with Gasteiger partial charge in [-0.3, -0.25) is 0 Å². The zero-order chi connectivity index (χ0) is 15.8. The number of hydrogen-bond donors (Lipinski definition) is 3. The molecule has 0 radical (unpaired) electrons. The monoisotopic (exact) mass is 303 g/mol. The Morgan fingerprint density at radius 2 is 2.04 bits per heavy atom. The van der Waals surface area contributed by atoms with Gasteiger partial charge in [0.25, 0.3) is 0 Å². The summed E-state index contributed by atoms with van der Waals surface area (Å²) in [5.74, 6) is 0. The number of H-pyrrole nitrogens is 1. The van der Waals surface area contributed by atoms with Crippen molar-refractivity contribution in [1.29, 1.82) is 0 Å². The van der Waals surface area contributed by atoms with Gasteiger partial charge in [-0.1, -0.05) is 36.9 Å². The summed E-state index contributed by atoms with van der Waals surface area (Å²) in [6.45, 7) is 5.99. The molecule has 0 spiro atoms. The van der Waals surface area contributed by atoms with Crippen LogP contribution in [0.1, 0.15) is 16.7 Å². The molecule has 0 bridgehead atoms. The van der Waals surface area contributed by atoms with E-state index in [0.29, 0.717) is 0 Å². The highest BCUT2D eigenvalue weighted by molar-refractivity contribution is 5.99. The Bertz CT molecular complexity index is 889. The van der Waals surface area contributed by atoms with Crippen LogP contribution in [0.4, 0.5) is 0 Å². The van der Waals surface area contributed by atoms with Crippen LogP contribution in [0, 0.1) is 0 Å². The van der Waals surface area contributed by atoms with Crippen molar-refractivity contribution in [3.8, 4) is 11.3 Å². The first-order valence-electron chi connectivity index (χ1n) is 8.08. The standard InChI is InChI=1S/C20H21N3/c1-13-16-7-4-8-18-19(16)17(9-10-22-13)20(23-18)15-6-3-5-14(11-15)12-21-2/h3-8,11,21-23H,1,9-10,12H2,2H3. The van der Waals surface area contributed by atoms with E-state index in [9.17, 15) is 0 Å². The maximum absolute atomic E-state index is 4.19. The van der Waals surface area contributed by atoms with Crippen LogP contribution in [-0.2, 0) is 13.0 Å². The van der Waals surface area contributed by atoms with Gasteiger partial charge in [-0.05, 0) is 42.3 Å². The molecule has 3 aromatic rings. The summed E-state index contributed by atoms with van der Waals surface area (Å²) in [6.07, 6.45) is 1.00. The number of rotatable bonds is 3. The Balaban J connectivity index is 1.94. The van der Waals surface area contributed by atoms with Crippen LogP contribution >= 0.6 is 0 Å². The van der Waals surface area contributed by atoms with Crippen molar-refractivity contribution in [2.24, 2.45) is 0 Å². The molecular formula is C20H21N3. The van der Waals surface area contributed by atoms with Crippen LogP contribution < -0.4 is 10.6 Å². The van der Waals surface area contributed by atoms with Crippen LogP contribution in [0.3, 0.4) is 0 Å². The SMILES string of the molecule is C=C1NCCc2c(-c3cccc(CNC)c3)[nH]c3cccc1c23. The van der Waals surface area contributed by atoms with E-state index >= 15 is 0 Å². The van der Waals surface area contributed by atoms with Gasteiger partial charge in [-0.25, -0.2) is 0 Å². The summed E-state index contributed by atoms with van der Waals surface area (Å²) in [5.41, 5.74) is 8.60. The molecule has 0 amide bonds. The van der Waals surface area contributed by atoms with Crippen molar-refractivity contribution in [2.45, 2.75) is 13.0 Å². The second kappa shape index (κ2) is 5.60. The molecule has 2 heterocycles. The Morgan fingerprint density at radius 3 is 2.91 bits per heavy atom. The number of benzene rings is 2. The van der Waals surface area contributed by atoms with Crippen LogP contribution in [-0.4, -0.2) is 18.6 Å². The number of hydrogen-bond acceptors (Lipinski definition) is 2. The van der Waals surface area contributed by atoms with Crippen molar-refractivity contribution < 1.29 is 0 Å². The summed E-state index contributed by atoms with van der Waals surface area (Å²) < 4.78 is 0. The van der Waals surface area contributed by atoms with E-state index in [2.05, 4.69) is 64.7 Å². The van der Waals surface area contributed by atoms with Crippen molar-refractivity contribution in [1.82, 2.24) is 15.6 Å². The number of nitrogens with one attached hydrogen (secondary N) is 3. The smallest absolute Gasteiger partial charge is 0.0498 e. The minimum Gasteiger partial charge on any atom is -0.385 e. The summed E-state index contributed by atoms with van der Waals surface area (Å²) in [5, 5.41) is 7.97. The Kier molecular flexibility index (Phi) is 3.43. The molecular weight excluding hydrogens is 282 g/mol. The maximum atomic E-state index is 4.19. The molecule has 23 heavy (non-hydrogen) atoms. The molecule has 0 unspecified atom stereocenters. The summed E-state index contributed by atoms with van der Waals surface area (Å²) in [4.78, 5) is 3.64. The molecule has 1 aliphatic rings. The van der Waals surface area contributed by atoms with E-state index in [1.165, 1.54) is 38.9 Å². The van der Waals surface area contributed by atoms with Gasteiger partial charge in [0, 0.05) is 40.9 Å². The van der Waals surface area contributed by atoms with Gasteiger partial charge in [-0.2, -0.15) is 0 Å². The third kappa shape index (κ3) is 2.34.